The fourth-order valence-electron chi connectivity index (χ4n) is 4.37. The number of rotatable bonds is 3. The quantitative estimate of drug-likeness (QED) is 0.775. The van der Waals surface area contributed by atoms with E-state index in [1.807, 2.05) is 44.1 Å². The molecule has 1 aromatic carbocycles. The molecule has 2 N–H and O–H groups in total. The summed E-state index contributed by atoms with van der Waals surface area (Å²) in [7, 11) is 5.67. The van der Waals surface area contributed by atoms with Crippen molar-refractivity contribution < 1.29 is 24.5 Å². The van der Waals surface area contributed by atoms with Crippen LogP contribution in [0.25, 0.3) is 0 Å². The molecule has 27 heavy (non-hydrogen) atoms. The molecule has 1 saturated carbocycles. The minimum atomic E-state index is -0.296. The number of amides is 1. The zero-order valence-electron chi connectivity index (χ0n) is 16.5. The van der Waals surface area contributed by atoms with Gasteiger partial charge in [0.25, 0.3) is 12.4 Å². The first-order chi connectivity index (χ1) is 12.8. The highest BCUT2D eigenvalue weighted by Gasteiger charge is 2.43. The van der Waals surface area contributed by atoms with Crippen LogP contribution in [0, 0.1) is 18.8 Å². The van der Waals surface area contributed by atoms with Gasteiger partial charge in [-0.25, -0.2) is 0 Å². The first-order valence-electron chi connectivity index (χ1n) is 9.19. The number of carbonyl (C=O) groups is 2. The van der Waals surface area contributed by atoms with Gasteiger partial charge in [-0.05, 0) is 57.8 Å². The van der Waals surface area contributed by atoms with E-state index >= 15 is 0 Å². The summed E-state index contributed by atoms with van der Waals surface area (Å²) in [5.41, 5.74) is 1.61. The van der Waals surface area contributed by atoms with E-state index in [9.17, 15) is 9.90 Å². The van der Waals surface area contributed by atoms with Gasteiger partial charge in [0.1, 0.15) is 5.75 Å². The van der Waals surface area contributed by atoms with E-state index in [0.29, 0.717) is 11.8 Å². The number of fused-ring (bicyclic) bond motifs is 1. The van der Waals surface area contributed by atoms with Crippen LogP contribution in [0.15, 0.2) is 18.2 Å². The highest BCUT2D eigenvalue weighted by atomic mass is 16.5. The van der Waals surface area contributed by atoms with Crippen molar-refractivity contribution in [1.82, 2.24) is 9.80 Å². The van der Waals surface area contributed by atoms with Crippen LogP contribution in [-0.4, -0.2) is 78.8 Å². The summed E-state index contributed by atoms with van der Waals surface area (Å²) < 4.78 is 5.34. The van der Waals surface area contributed by atoms with Gasteiger partial charge < -0.3 is 24.7 Å². The third-order valence-electron chi connectivity index (χ3n) is 5.79. The van der Waals surface area contributed by atoms with Crippen LogP contribution in [0.2, 0.25) is 0 Å². The average Bonchev–Trinajstić information content (AvgIpc) is 3.04. The van der Waals surface area contributed by atoms with E-state index in [-0.39, 0.29) is 24.5 Å². The van der Waals surface area contributed by atoms with Gasteiger partial charge in [0.15, 0.2) is 0 Å². The molecule has 0 aromatic heterocycles. The fraction of sp³-hybridized carbons (Fsp3) is 0.600. The zero-order valence-corrected chi connectivity index (χ0v) is 16.5. The van der Waals surface area contributed by atoms with Gasteiger partial charge in [0.2, 0.25) is 0 Å². The Kier molecular flexibility index (Phi) is 7.21. The Labute approximate surface area is 160 Å². The van der Waals surface area contributed by atoms with E-state index < -0.39 is 0 Å². The highest BCUT2D eigenvalue weighted by Crippen LogP contribution is 2.38. The third-order valence-corrected chi connectivity index (χ3v) is 5.79. The monoisotopic (exact) mass is 378 g/mol. The van der Waals surface area contributed by atoms with Crippen LogP contribution in [0.5, 0.6) is 5.75 Å². The maximum absolute atomic E-state index is 13.0. The van der Waals surface area contributed by atoms with Crippen molar-refractivity contribution in [2.45, 2.75) is 31.9 Å². The summed E-state index contributed by atoms with van der Waals surface area (Å²) in [6.07, 6.45) is 1.45. The number of likely N-dealkylation sites (N-methyl/N-ethyl adjacent to an activating group) is 1. The molecule has 0 radical (unpaired) electrons. The van der Waals surface area contributed by atoms with Gasteiger partial charge >= 0.3 is 0 Å². The molecule has 3 rings (SSSR count). The lowest BCUT2D eigenvalue weighted by Crippen LogP contribution is -2.46. The number of hydrogen-bond acceptors (Lipinski definition) is 5. The third kappa shape index (κ3) is 4.59. The molecule has 0 unspecified atom stereocenters. The van der Waals surface area contributed by atoms with Crippen LogP contribution in [-0.2, 0) is 4.79 Å². The molecule has 1 amide bonds. The lowest BCUT2D eigenvalue weighted by molar-refractivity contribution is -0.122. The van der Waals surface area contributed by atoms with E-state index in [1.165, 1.54) is 0 Å². The van der Waals surface area contributed by atoms with Crippen molar-refractivity contribution in [2.75, 3.05) is 34.3 Å². The Morgan fingerprint density at radius 2 is 1.85 bits per heavy atom. The predicted molar refractivity (Wildman–Crippen MR) is 102 cm³/mol. The first kappa shape index (κ1) is 21.2. The van der Waals surface area contributed by atoms with Crippen molar-refractivity contribution in [1.29, 1.82) is 0 Å². The number of benzene rings is 1. The minimum absolute atomic E-state index is 0.0803. The number of ether oxygens (including phenoxy) is 1. The summed E-state index contributed by atoms with van der Waals surface area (Å²) >= 11 is 0. The molecule has 0 bridgehead atoms. The van der Waals surface area contributed by atoms with Crippen molar-refractivity contribution in [3.8, 4) is 5.75 Å². The van der Waals surface area contributed by atoms with Crippen LogP contribution in [0.1, 0.15) is 28.8 Å². The number of methoxy groups -OCH3 is 1. The number of carboxylic acid groups (broad SMARTS) is 1. The Balaban J connectivity index is 0.000000817. The summed E-state index contributed by atoms with van der Waals surface area (Å²) in [4.78, 5) is 25.4. The summed E-state index contributed by atoms with van der Waals surface area (Å²) in [5.74, 6) is 1.72. The molecule has 1 aromatic rings. The van der Waals surface area contributed by atoms with Gasteiger partial charge in [-0.3, -0.25) is 9.59 Å². The molecule has 1 aliphatic carbocycles. The number of nitrogens with zero attached hydrogens (tertiary/aromatic N) is 2. The van der Waals surface area contributed by atoms with Crippen molar-refractivity contribution >= 4 is 12.4 Å². The number of carbonyl (C=O) groups excluding carboxylic acids is 1. The van der Waals surface area contributed by atoms with Gasteiger partial charge in [0.05, 0.1) is 13.2 Å². The zero-order chi connectivity index (χ0) is 20.1. The maximum atomic E-state index is 13.0. The van der Waals surface area contributed by atoms with Crippen molar-refractivity contribution in [3.63, 3.8) is 0 Å². The van der Waals surface area contributed by atoms with Crippen LogP contribution < -0.4 is 4.74 Å². The normalized spacial score (nSPS) is 26.8. The van der Waals surface area contributed by atoms with Gasteiger partial charge in [-0.1, -0.05) is 6.07 Å². The van der Waals surface area contributed by atoms with E-state index in [1.54, 1.807) is 7.11 Å². The Morgan fingerprint density at radius 1 is 1.26 bits per heavy atom. The number of aliphatic hydroxyl groups is 1. The molecular formula is C20H30N2O5. The first-order valence-corrected chi connectivity index (χ1v) is 9.19. The average molecular weight is 378 g/mol. The molecule has 150 valence electrons. The molecule has 2 fully saturated rings. The molecule has 7 nitrogen and oxygen atoms in total. The molecule has 1 aliphatic heterocycles. The molecular weight excluding hydrogens is 348 g/mol. The predicted octanol–water partition coefficient (Wildman–Crippen LogP) is 1.48. The molecule has 2 aliphatic rings. The minimum Gasteiger partial charge on any atom is -0.496 e. The maximum Gasteiger partial charge on any atom is 0.290 e. The van der Waals surface area contributed by atoms with Gasteiger partial charge in [-0.2, -0.15) is 0 Å². The number of aliphatic hydroxyl groups excluding tert-OH is 1. The number of hydrogen-bond donors (Lipinski definition) is 2. The van der Waals surface area contributed by atoms with Crippen LogP contribution in [0.4, 0.5) is 0 Å². The van der Waals surface area contributed by atoms with E-state index in [2.05, 4.69) is 4.90 Å². The molecule has 1 saturated heterocycles. The molecule has 7 heteroatoms. The Hall–Kier alpha value is -2.12. The second-order valence-corrected chi connectivity index (χ2v) is 7.54. The smallest absolute Gasteiger partial charge is 0.290 e. The largest absolute Gasteiger partial charge is 0.496 e. The Bertz CT molecular complexity index is 664. The highest BCUT2D eigenvalue weighted by molar-refractivity contribution is 5.96. The van der Waals surface area contributed by atoms with Crippen LogP contribution in [0.3, 0.4) is 0 Å². The molecule has 0 spiro atoms. The second kappa shape index (κ2) is 9.19. The van der Waals surface area contributed by atoms with Gasteiger partial charge in [-0.15, -0.1) is 0 Å². The second-order valence-electron chi connectivity index (χ2n) is 7.54. The van der Waals surface area contributed by atoms with Gasteiger partial charge in [0, 0.05) is 30.3 Å². The summed E-state index contributed by atoms with van der Waals surface area (Å²) in [6, 6.07) is 5.82. The lowest BCUT2D eigenvalue weighted by atomic mass is 9.77. The SMILES string of the molecule is COc1cccc(C(=O)N2C[C@H]3C[C@@H](N(C)C)[C@H](O)C[C@H]3C2)c1C.O=CO. The topological polar surface area (TPSA) is 90.3 Å². The standard InChI is InChI=1S/C19H28N2O3.CH2O2/c1-12-15(6-5-7-18(12)24-4)19(23)21-10-13-8-16(20(2)3)17(22)9-14(13)11-21;2-1-3/h5-7,13-14,16-17,22H,8-11H2,1-4H3;1H,(H,2,3)/t13-,14+,16-,17-;/m1./s1. The molecule has 1 heterocycles. The Morgan fingerprint density at radius 3 is 2.41 bits per heavy atom. The number of likely N-dealkylation sites (tertiary alicyclic amines) is 1. The lowest BCUT2D eigenvalue weighted by Gasteiger charge is -2.38. The fourth-order valence-corrected chi connectivity index (χ4v) is 4.37. The van der Waals surface area contributed by atoms with Crippen molar-refractivity contribution in [3.05, 3.63) is 29.3 Å². The van der Waals surface area contributed by atoms with Crippen molar-refractivity contribution in [2.24, 2.45) is 11.8 Å². The summed E-state index contributed by atoms with van der Waals surface area (Å²) in [5, 5.41) is 17.3. The van der Waals surface area contributed by atoms with Crippen LogP contribution >= 0.6 is 0 Å². The van der Waals surface area contributed by atoms with E-state index in [0.717, 1.165) is 42.8 Å². The summed E-state index contributed by atoms with van der Waals surface area (Å²) in [6.45, 7) is 3.22. The molecule has 4 atom stereocenters. The van der Waals surface area contributed by atoms with E-state index in [4.69, 9.17) is 14.6 Å².